The molecule has 134 valence electrons. The Hall–Kier alpha value is -0.0400. The van der Waals surface area contributed by atoms with Crippen molar-refractivity contribution in [3.63, 3.8) is 0 Å². The Morgan fingerprint density at radius 3 is 1.45 bits per heavy atom. The maximum absolute atomic E-state index is 6.92. The van der Waals surface area contributed by atoms with E-state index in [-0.39, 0.29) is 5.54 Å². The van der Waals surface area contributed by atoms with Crippen LogP contribution >= 0.6 is 0 Å². The third kappa shape index (κ3) is 10.6. The van der Waals surface area contributed by atoms with Gasteiger partial charge in [0.05, 0.1) is 0 Å². The lowest BCUT2D eigenvalue weighted by atomic mass is 9.75. The molecule has 0 aromatic heterocycles. The second-order valence-corrected chi connectivity index (χ2v) is 7.60. The van der Waals surface area contributed by atoms with Crippen molar-refractivity contribution in [2.24, 2.45) is 11.7 Å². The van der Waals surface area contributed by atoms with E-state index < -0.39 is 0 Å². The molecule has 0 heterocycles. The van der Waals surface area contributed by atoms with Crippen molar-refractivity contribution in [2.45, 2.75) is 130 Å². The van der Waals surface area contributed by atoms with Gasteiger partial charge in [0.25, 0.3) is 0 Å². The van der Waals surface area contributed by atoms with E-state index in [4.69, 9.17) is 5.73 Å². The Balaban J connectivity index is 4.26. The third-order valence-corrected chi connectivity index (χ3v) is 5.46. The summed E-state index contributed by atoms with van der Waals surface area (Å²) in [6.07, 6.45) is 20.1. The summed E-state index contributed by atoms with van der Waals surface area (Å²) in [6, 6.07) is 0. The summed E-state index contributed by atoms with van der Waals surface area (Å²) < 4.78 is 0. The zero-order valence-corrected chi connectivity index (χ0v) is 16.3. The Kier molecular flexibility index (Phi) is 14.5. The topological polar surface area (TPSA) is 26.0 Å². The molecule has 0 aliphatic carbocycles. The monoisotopic (exact) mass is 311 g/mol. The van der Waals surface area contributed by atoms with Gasteiger partial charge in [-0.25, -0.2) is 0 Å². The minimum atomic E-state index is 0.105. The molecule has 0 rings (SSSR count). The van der Waals surface area contributed by atoms with E-state index in [1.54, 1.807) is 0 Å². The largest absolute Gasteiger partial charge is 0.325 e. The highest BCUT2D eigenvalue weighted by Crippen LogP contribution is 2.31. The van der Waals surface area contributed by atoms with E-state index in [1.807, 2.05) is 0 Å². The average molecular weight is 312 g/mol. The van der Waals surface area contributed by atoms with Gasteiger partial charge < -0.3 is 5.73 Å². The molecule has 0 aromatic carbocycles. The van der Waals surface area contributed by atoms with Crippen LogP contribution in [0.5, 0.6) is 0 Å². The second-order valence-electron chi connectivity index (χ2n) is 7.60. The Labute approximate surface area is 141 Å². The van der Waals surface area contributed by atoms with Gasteiger partial charge in [-0.1, -0.05) is 105 Å². The van der Waals surface area contributed by atoms with Gasteiger partial charge >= 0.3 is 0 Å². The molecule has 0 fully saturated rings. The molecule has 0 aromatic rings. The first-order valence-electron chi connectivity index (χ1n) is 10.4. The van der Waals surface area contributed by atoms with E-state index in [9.17, 15) is 0 Å². The van der Waals surface area contributed by atoms with Crippen molar-refractivity contribution >= 4 is 0 Å². The number of hydrogen-bond acceptors (Lipinski definition) is 1. The molecule has 2 N–H and O–H groups in total. The summed E-state index contributed by atoms with van der Waals surface area (Å²) >= 11 is 0. The third-order valence-electron chi connectivity index (χ3n) is 5.46. The van der Waals surface area contributed by atoms with Crippen LogP contribution in [0.3, 0.4) is 0 Å². The highest BCUT2D eigenvalue weighted by atomic mass is 14.8. The van der Waals surface area contributed by atoms with Crippen LogP contribution in [0.4, 0.5) is 0 Å². The van der Waals surface area contributed by atoms with Crippen LogP contribution in [-0.4, -0.2) is 5.54 Å². The molecule has 0 radical (unpaired) electrons. The fourth-order valence-electron chi connectivity index (χ4n) is 3.54. The van der Waals surface area contributed by atoms with Gasteiger partial charge in [-0.3, -0.25) is 0 Å². The summed E-state index contributed by atoms with van der Waals surface area (Å²) in [5.74, 6) is 0.688. The van der Waals surface area contributed by atoms with Crippen LogP contribution in [0.25, 0.3) is 0 Å². The van der Waals surface area contributed by atoms with Crippen molar-refractivity contribution in [1.82, 2.24) is 0 Å². The molecular weight excluding hydrogens is 266 g/mol. The number of nitrogens with two attached hydrogens (primary N) is 1. The number of rotatable bonds is 16. The van der Waals surface area contributed by atoms with E-state index in [1.165, 1.54) is 96.3 Å². The average Bonchev–Trinajstić information content (AvgIpc) is 2.52. The molecule has 1 unspecified atom stereocenters. The summed E-state index contributed by atoms with van der Waals surface area (Å²) in [7, 11) is 0. The van der Waals surface area contributed by atoms with E-state index >= 15 is 0 Å². The van der Waals surface area contributed by atoms with Crippen molar-refractivity contribution in [3.05, 3.63) is 0 Å². The summed E-state index contributed by atoms with van der Waals surface area (Å²) in [5.41, 5.74) is 7.03. The van der Waals surface area contributed by atoms with Crippen LogP contribution in [0, 0.1) is 5.92 Å². The van der Waals surface area contributed by atoms with Gasteiger partial charge in [0.1, 0.15) is 0 Å². The highest BCUT2D eigenvalue weighted by Gasteiger charge is 2.30. The van der Waals surface area contributed by atoms with E-state index in [2.05, 4.69) is 27.7 Å². The number of unbranched alkanes of at least 4 members (excludes halogenated alkanes) is 9. The summed E-state index contributed by atoms with van der Waals surface area (Å²) in [5, 5.41) is 0. The zero-order chi connectivity index (χ0) is 16.7. The molecule has 0 saturated heterocycles. The zero-order valence-electron chi connectivity index (χ0n) is 16.3. The van der Waals surface area contributed by atoms with Crippen molar-refractivity contribution in [1.29, 1.82) is 0 Å². The Morgan fingerprint density at radius 1 is 0.636 bits per heavy atom. The standard InChI is InChI=1S/C21H45N/c1-5-8-11-14-17-20(4)21(22,18-15-12-9-6-2)19-16-13-10-7-3/h20H,5-19,22H2,1-4H3. The Morgan fingerprint density at radius 2 is 1.05 bits per heavy atom. The van der Waals surface area contributed by atoms with Gasteiger partial charge in [-0.2, -0.15) is 0 Å². The van der Waals surface area contributed by atoms with Crippen LogP contribution in [0.15, 0.2) is 0 Å². The van der Waals surface area contributed by atoms with Gasteiger partial charge in [-0.15, -0.1) is 0 Å². The first kappa shape index (κ1) is 22.0. The van der Waals surface area contributed by atoms with Crippen molar-refractivity contribution < 1.29 is 0 Å². The van der Waals surface area contributed by atoms with E-state index in [0.717, 1.165) is 0 Å². The predicted octanol–water partition coefficient (Wildman–Crippen LogP) is 7.23. The molecule has 1 heteroatoms. The van der Waals surface area contributed by atoms with E-state index in [0.29, 0.717) is 5.92 Å². The van der Waals surface area contributed by atoms with Crippen LogP contribution in [-0.2, 0) is 0 Å². The first-order valence-corrected chi connectivity index (χ1v) is 10.4. The van der Waals surface area contributed by atoms with Gasteiger partial charge in [-0.05, 0) is 25.2 Å². The first-order chi connectivity index (χ1) is 10.6. The lowest BCUT2D eigenvalue weighted by Gasteiger charge is -2.36. The lowest BCUT2D eigenvalue weighted by Crippen LogP contribution is -2.46. The molecule has 22 heavy (non-hydrogen) atoms. The molecule has 1 nitrogen and oxygen atoms in total. The maximum Gasteiger partial charge on any atom is 0.0180 e. The van der Waals surface area contributed by atoms with Crippen LogP contribution in [0.1, 0.15) is 124 Å². The fraction of sp³-hybridized carbons (Fsp3) is 1.00. The molecule has 0 amide bonds. The molecule has 0 spiro atoms. The highest BCUT2D eigenvalue weighted by molar-refractivity contribution is 4.89. The lowest BCUT2D eigenvalue weighted by molar-refractivity contribution is 0.220. The van der Waals surface area contributed by atoms with Gasteiger partial charge in [0.15, 0.2) is 0 Å². The van der Waals surface area contributed by atoms with Crippen molar-refractivity contribution in [2.75, 3.05) is 0 Å². The molecular formula is C21H45N. The SMILES string of the molecule is CCCCCCC(C)C(N)(CCCCCC)CCCCCC. The predicted molar refractivity (Wildman–Crippen MR) is 102 cm³/mol. The van der Waals surface area contributed by atoms with Crippen molar-refractivity contribution in [3.8, 4) is 0 Å². The van der Waals surface area contributed by atoms with Crippen LogP contribution in [0.2, 0.25) is 0 Å². The summed E-state index contributed by atoms with van der Waals surface area (Å²) in [4.78, 5) is 0. The molecule has 1 atom stereocenters. The minimum absolute atomic E-state index is 0.105. The Bertz CT molecular complexity index is 212. The van der Waals surface area contributed by atoms with Crippen LogP contribution < -0.4 is 5.73 Å². The second kappa shape index (κ2) is 14.5. The quantitative estimate of drug-likeness (QED) is 0.299. The van der Waals surface area contributed by atoms with Gasteiger partial charge in [0, 0.05) is 5.54 Å². The fourth-order valence-corrected chi connectivity index (χ4v) is 3.54. The smallest absolute Gasteiger partial charge is 0.0180 e. The molecule has 0 aliphatic rings. The summed E-state index contributed by atoms with van der Waals surface area (Å²) in [6.45, 7) is 9.29. The molecule has 0 aliphatic heterocycles. The molecule has 0 bridgehead atoms. The normalized spacial score (nSPS) is 13.5. The number of hydrogen-bond donors (Lipinski definition) is 1. The maximum atomic E-state index is 6.92. The molecule has 0 saturated carbocycles. The van der Waals surface area contributed by atoms with Gasteiger partial charge in [0.2, 0.25) is 0 Å². The minimum Gasteiger partial charge on any atom is -0.325 e.